The summed E-state index contributed by atoms with van der Waals surface area (Å²) in [6.45, 7) is 13.5. The van der Waals surface area contributed by atoms with Gasteiger partial charge in [0, 0.05) is 18.7 Å². The smallest absolute Gasteiger partial charge is 0.364 e. The average Bonchev–Trinajstić information content (AvgIpc) is 3.32. The highest BCUT2D eigenvalue weighted by Gasteiger charge is 2.49. The minimum atomic E-state index is -4.58. The predicted molar refractivity (Wildman–Crippen MR) is 155 cm³/mol. The fourth-order valence-electron chi connectivity index (χ4n) is 3.07. The van der Waals surface area contributed by atoms with Gasteiger partial charge in [-0.05, 0) is 65.9 Å². The van der Waals surface area contributed by atoms with E-state index in [-0.39, 0.29) is 18.0 Å². The summed E-state index contributed by atoms with van der Waals surface area (Å²) in [5.41, 5.74) is -0.858. The summed E-state index contributed by atoms with van der Waals surface area (Å²) in [5, 5.41) is 27.4. The van der Waals surface area contributed by atoms with Gasteiger partial charge in [0.1, 0.15) is 11.5 Å². The zero-order chi connectivity index (χ0) is 32.0. The van der Waals surface area contributed by atoms with Crippen LogP contribution in [0.25, 0.3) is 0 Å². The van der Waals surface area contributed by atoms with Crippen LogP contribution in [-0.4, -0.2) is 63.8 Å². The van der Waals surface area contributed by atoms with Crippen molar-refractivity contribution in [2.75, 3.05) is 13.2 Å². The number of rotatable bonds is 10. The standard InChI is InChI=1S/C15H22F3N5O2.C7H13N.C6H11NO/c1-5-9(19)12(20)13(24)23-11(10-6-21-8(2)22-10)7-25-14(3,4)15(16,17)18;1-4-6(2)5-7(3)8;1-5-2-3-6(8)7-4-5/h6,11,19-20H,5,7H2,1-4H3,(H,21,22)(H,23,24);5,8H,4H2,1-3H3;5H,2-4H2,1H3,(H,7,8). The molecular formula is C28H46F3N7O3. The van der Waals surface area contributed by atoms with Crippen LogP contribution >= 0.6 is 0 Å². The number of aromatic amines is 1. The lowest BCUT2D eigenvalue weighted by molar-refractivity contribution is -0.265. The highest BCUT2D eigenvalue weighted by atomic mass is 19.4. The number of H-pyrrole nitrogens is 1. The number of piperidine rings is 1. The number of hydrogen-bond donors (Lipinski definition) is 6. The Morgan fingerprint density at radius 3 is 2.20 bits per heavy atom. The molecule has 2 atom stereocenters. The summed E-state index contributed by atoms with van der Waals surface area (Å²) < 4.78 is 43.8. The predicted octanol–water partition coefficient (Wildman–Crippen LogP) is 5.60. The van der Waals surface area contributed by atoms with Crippen molar-refractivity contribution < 1.29 is 27.5 Å². The van der Waals surface area contributed by atoms with Crippen molar-refractivity contribution in [2.24, 2.45) is 5.92 Å². The maximum atomic E-state index is 12.9. The van der Waals surface area contributed by atoms with E-state index in [1.54, 1.807) is 20.8 Å². The van der Waals surface area contributed by atoms with E-state index in [0.29, 0.717) is 23.1 Å². The zero-order valence-electron chi connectivity index (χ0n) is 25.4. The van der Waals surface area contributed by atoms with Crippen molar-refractivity contribution in [3.05, 3.63) is 29.4 Å². The molecule has 1 aliphatic heterocycles. The van der Waals surface area contributed by atoms with Crippen molar-refractivity contribution in [3.8, 4) is 0 Å². The molecule has 2 heterocycles. The SMILES string of the molecule is CC1CCC(=O)NC1.CCC(=N)C(=N)C(=O)NC(COC(C)(C)C(F)(F)F)c1cnc(C)[nH]1.CCC(C)=CC(C)=N. The van der Waals surface area contributed by atoms with Crippen LogP contribution in [0.5, 0.6) is 0 Å². The van der Waals surface area contributed by atoms with Gasteiger partial charge in [0.15, 0.2) is 5.60 Å². The van der Waals surface area contributed by atoms with Crippen molar-refractivity contribution >= 4 is 28.9 Å². The number of nitrogens with one attached hydrogen (secondary N) is 6. The molecule has 0 spiro atoms. The third kappa shape index (κ3) is 14.7. The number of carbonyl (C=O) groups is 2. The first-order valence-corrected chi connectivity index (χ1v) is 13.5. The molecule has 0 bridgehead atoms. The quantitative estimate of drug-likeness (QED) is 0.197. The Balaban J connectivity index is 0.000000807. The van der Waals surface area contributed by atoms with Gasteiger partial charge >= 0.3 is 6.18 Å². The molecule has 0 aliphatic carbocycles. The van der Waals surface area contributed by atoms with Crippen molar-refractivity contribution in [1.82, 2.24) is 20.6 Å². The molecule has 2 amide bonds. The van der Waals surface area contributed by atoms with E-state index in [2.05, 4.69) is 34.4 Å². The minimum Gasteiger partial charge on any atom is -0.364 e. The van der Waals surface area contributed by atoms with Gasteiger partial charge in [-0.3, -0.25) is 15.0 Å². The van der Waals surface area contributed by atoms with Crippen LogP contribution in [0.2, 0.25) is 0 Å². The first-order chi connectivity index (χ1) is 18.8. The number of ether oxygens (including phenoxy) is 1. The summed E-state index contributed by atoms with van der Waals surface area (Å²) in [5.74, 6) is 0.550. The maximum Gasteiger partial charge on any atom is 0.416 e. The minimum absolute atomic E-state index is 0.173. The molecule has 0 radical (unpaired) electrons. The maximum absolute atomic E-state index is 12.9. The molecule has 2 rings (SSSR count). The number of halogens is 3. The molecule has 232 valence electrons. The van der Waals surface area contributed by atoms with Gasteiger partial charge < -0.3 is 31.2 Å². The molecule has 1 saturated heterocycles. The number of aromatic nitrogens is 2. The molecule has 0 aromatic carbocycles. The Hall–Kier alpha value is -3.35. The Labute approximate surface area is 240 Å². The average molecular weight is 586 g/mol. The second kappa shape index (κ2) is 17.5. The highest BCUT2D eigenvalue weighted by Crippen LogP contribution is 2.33. The van der Waals surface area contributed by atoms with E-state index in [1.165, 1.54) is 11.8 Å². The zero-order valence-corrected chi connectivity index (χ0v) is 25.4. The largest absolute Gasteiger partial charge is 0.416 e. The second-order valence-electron chi connectivity index (χ2n) is 10.5. The summed E-state index contributed by atoms with van der Waals surface area (Å²) in [4.78, 5) is 29.3. The first kappa shape index (κ1) is 37.6. The second-order valence-corrected chi connectivity index (χ2v) is 10.5. The topological polar surface area (TPSA) is 168 Å². The lowest BCUT2D eigenvalue weighted by atomic mass is 10.0. The lowest BCUT2D eigenvalue weighted by Crippen LogP contribution is -2.45. The number of imidazole rings is 1. The molecule has 0 saturated carbocycles. The monoisotopic (exact) mass is 585 g/mol. The fourth-order valence-corrected chi connectivity index (χ4v) is 3.07. The van der Waals surface area contributed by atoms with Crippen LogP contribution in [0, 0.1) is 29.1 Å². The third-order valence-corrected chi connectivity index (χ3v) is 6.11. The fraction of sp³-hybridized carbons (Fsp3) is 0.643. The number of aryl methyl sites for hydroxylation is 1. The Morgan fingerprint density at radius 1 is 1.22 bits per heavy atom. The number of amides is 2. The van der Waals surface area contributed by atoms with E-state index in [0.717, 1.165) is 39.7 Å². The van der Waals surface area contributed by atoms with Gasteiger partial charge in [0.05, 0.1) is 30.3 Å². The van der Waals surface area contributed by atoms with E-state index in [9.17, 15) is 22.8 Å². The molecule has 1 aliphatic rings. The number of allylic oxidation sites excluding steroid dienone is 2. The molecule has 1 aromatic heterocycles. The highest BCUT2D eigenvalue weighted by molar-refractivity contribution is 6.65. The molecule has 1 aromatic rings. The molecular weight excluding hydrogens is 539 g/mol. The molecule has 41 heavy (non-hydrogen) atoms. The number of carbonyl (C=O) groups excluding carboxylic acids is 2. The Morgan fingerprint density at radius 2 is 1.83 bits per heavy atom. The van der Waals surface area contributed by atoms with Crippen molar-refractivity contribution in [1.29, 1.82) is 16.2 Å². The van der Waals surface area contributed by atoms with Crippen LogP contribution in [-0.2, 0) is 14.3 Å². The summed E-state index contributed by atoms with van der Waals surface area (Å²) >= 11 is 0. The summed E-state index contributed by atoms with van der Waals surface area (Å²) in [7, 11) is 0. The van der Waals surface area contributed by atoms with E-state index in [1.807, 2.05) is 13.0 Å². The van der Waals surface area contributed by atoms with Crippen LogP contribution in [0.1, 0.15) is 91.7 Å². The van der Waals surface area contributed by atoms with Crippen LogP contribution in [0.4, 0.5) is 13.2 Å². The third-order valence-electron chi connectivity index (χ3n) is 6.11. The Bertz CT molecular complexity index is 1070. The van der Waals surface area contributed by atoms with Gasteiger partial charge in [0.25, 0.3) is 5.91 Å². The van der Waals surface area contributed by atoms with Gasteiger partial charge in [-0.25, -0.2) is 4.98 Å². The molecule has 2 unspecified atom stereocenters. The van der Waals surface area contributed by atoms with Crippen LogP contribution in [0.15, 0.2) is 17.8 Å². The molecule has 1 fully saturated rings. The van der Waals surface area contributed by atoms with Crippen molar-refractivity contribution in [3.63, 3.8) is 0 Å². The van der Waals surface area contributed by atoms with Crippen LogP contribution in [0.3, 0.4) is 0 Å². The van der Waals surface area contributed by atoms with Crippen LogP contribution < -0.4 is 10.6 Å². The van der Waals surface area contributed by atoms with Crippen molar-refractivity contribution in [2.45, 2.75) is 98.9 Å². The summed E-state index contributed by atoms with van der Waals surface area (Å²) in [6, 6.07) is -0.972. The molecule has 13 heteroatoms. The number of hydrogen-bond acceptors (Lipinski definition) is 7. The van der Waals surface area contributed by atoms with Gasteiger partial charge in [-0.2, -0.15) is 13.2 Å². The van der Waals surface area contributed by atoms with E-state index < -0.39 is 36.0 Å². The van der Waals surface area contributed by atoms with Gasteiger partial charge in [0.2, 0.25) is 5.91 Å². The van der Waals surface area contributed by atoms with E-state index in [4.69, 9.17) is 21.0 Å². The lowest BCUT2D eigenvalue weighted by Gasteiger charge is -2.30. The number of nitrogens with zero attached hydrogens (tertiary/aromatic N) is 1. The number of alkyl halides is 3. The van der Waals surface area contributed by atoms with Gasteiger partial charge in [-0.1, -0.05) is 26.3 Å². The summed E-state index contributed by atoms with van der Waals surface area (Å²) in [6.07, 6.45) is 1.71. The van der Waals surface area contributed by atoms with Gasteiger partial charge in [-0.15, -0.1) is 0 Å². The Kier molecular flexibility index (Phi) is 16.0. The normalized spacial score (nSPS) is 16.2. The first-order valence-electron chi connectivity index (χ1n) is 13.5. The molecule has 6 N–H and O–H groups in total. The van der Waals surface area contributed by atoms with E-state index >= 15 is 0 Å². The molecule has 10 nitrogen and oxygen atoms in total.